The first-order chi connectivity index (χ1) is 6.80. The lowest BCUT2D eigenvalue weighted by Crippen LogP contribution is -2.25. The first-order valence-electron chi connectivity index (χ1n) is 3.86. The van der Waals surface area contributed by atoms with Crippen molar-refractivity contribution >= 4 is 5.97 Å². The summed E-state index contributed by atoms with van der Waals surface area (Å²) in [7, 11) is 0. The molecule has 0 saturated heterocycles. The molecule has 0 aliphatic heterocycles. The fourth-order valence-electron chi connectivity index (χ4n) is 1.12. The van der Waals surface area contributed by atoms with E-state index in [1.54, 1.807) is 0 Å². The first-order valence-corrected chi connectivity index (χ1v) is 3.86. The summed E-state index contributed by atoms with van der Waals surface area (Å²) in [6, 6.07) is 1.82. The van der Waals surface area contributed by atoms with E-state index in [2.05, 4.69) is 0 Å². The Morgan fingerprint density at radius 1 is 1.33 bits per heavy atom. The number of carboxylic acids is 1. The van der Waals surface area contributed by atoms with Gasteiger partial charge in [-0.15, -0.1) is 0 Å². The topological polar surface area (TPSA) is 40.1 Å². The highest BCUT2D eigenvalue weighted by molar-refractivity contribution is 5.68. The second-order valence-electron chi connectivity index (χ2n) is 2.85. The first kappa shape index (κ1) is 11.5. The average Bonchev–Trinajstić information content (AvgIpc) is 2.05. The molecule has 0 saturated carbocycles. The zero-order chi connectivity index (χ0) is 11.6. The Labute approximate surface area is 82.1 Å². The lowest BCUT2D eigenvalue weighted by molar-refractivity contribution is -0.304. The standard InChI is InChI=1S/C9H6F4O2/c10-6-2-1-5(3-8(14)15)7(4-6)9(11,12)13/h1-2,4H,3H2,(H,14,15)/p-1. The zero-order valence-corrected chi connectivity index (χ0v) is 7.27. The van der Waals surface area contributed by atoms with Crippen LogP contribution in [-0.4, -0.2) is 5.97 Å². The van der Waals surface area contributed by atoms with E-state index in [0.29, 0.717) is 0 Å². The third-order valence-electron chi connectivity index (χ3n) is 1.71. The van der Waals surface area contributed by atoms with Gasteiger partial charge >= 0.3 is 6.18 Å². The van der Waals surface area contributed by atoms with Crippen molar-refractivity contribution in [2.75, 3.05) is 0 Å². The third kappa shape index (κ3) is 2.93. The fourth-order valence-corrected chi connectivity index (χ4v) is 1.12. The van der Waals surface area contributed by atoms with Crippen LogP contribution in [0.25, 0.3) is 0 Å². The molecular formula is C9H5F4O2-. The number of hydrogen-bond acceptors (Lipinski definition) is 2. The van der Waals surface area contributed by atoms with Crippen LogP contribution in [0.1, 0.15) is 11.1 Å². The van der Waals surface area contributed by atoms with Gasteiger partial charge in [-0.25, -0.2) is 4.39 Å². The molecule has 0 heterocycles. The maximum Gasteiger partial charge on any atom is 0.416 e. The number of carboxylic acid groups (broad SMARTS) is 1. The highest BCUT2D eigenvalue weighted by atomic mass is 19.4. The zero-order valence-electron chi connectivity index (χ0n) is 7.27. The molecule has 0 fully saturated rings. The second kappa shape index (κ2) is 3.88. The molecular weight excluding hydrogens is 216 g/mol. The molecule has 0 atom stereocenters. The normalized spacial score (nSPS) is 11.5. The van der Waals surface area contributed by atoms with Crippen molar-refractivity contribution < 1.29 is 27.5 Å². The van der Waals surface area contributed by atoms with Gasteiger partial charge in [0.1, 0.15) is 5.82 Å². The second-order valence-corrected chi connectivity index (χ2v) is 2.85. The molecule has 0 unspecified atom stereocenters. The summed E-state index contributed by atoms with van der Waals surface area (Å²) in [6.07, 6.45) is -5.66. The van der Waals surface area contributed by atoms with Crippen molar-refractivity contribution in [3.63, 3.8) is 0 Å². The maximum absolute atomic E-state index is 12.6. The van der Waals surface area contributed by atoms with Gasteiger partial charge < -0.3 is 9.90 Å². The predicted molar refractivity (Wildman–Crippen MR) is 40.1 cm³/mol. The predicted octanol–water partition coefficient (Wildman–Crippen LogP) is 1.14. The Morgan fingerprint density at radius 2 is 1.93 bits per heavy atom. The largest absolute Gasteiger partial charge is 0.550 e. The minimum Gasteiger partial charge on any atom is -0.550 e. The van der Waals surface area contributed by atoms with Crippen molar-refractivity contribution in [3.8, 4) is 0 Å². The SMILES string of the molecule is O=C([O-])Cc1ccc(F)cc1C(F)(F)F. The van der Waals surface area contributed by atoms with E-state index in [0.717, 1.165) is 12.1 Å². The summed E-state index contributed by atoms with van der Waals surface area (Å²) in [6.45, 7) is 0. The van der Waals surface area contributed by atoms with Crippen molar-refractivity contribution in [2.45, 2.75) is 12.6 Å². The van der Waals surface area contributed by atoms with E-state index in [1.807, 2.05) is 0 Å². The number of benzene rings is 1. The Kier molecular flexibility index (Phi) is 2.97. The molecule has 2 nitrogen and oxygen atoms in total. The molecule has 0 spiro atoms. The van der Waals surface area contributed by atoms with Gasteiger partial charge in [-0.3, -0.25) is 0 Å². The minimum atomic E-state index is -4.77. The van der Waals surface area contributed by atoms with Crippen LogP contribution in [-0.2, 0) is 17.4 Å². The summed E-state index contributed by atoms with van der Waals surface area (Å²) in [5, 5.41) is 10.2. The van der Waals surface area contributed by atoms with E-state index in [-0.39, 0.29) is 6.07 Å². The number of alkyl halides is 3. The Balaban J connectivity index is 3.20. The monoisotopic (exact) mass is 221 g/mol. The van der Waals surface area contributed by atoms with E-state index < -0.39 is 35.5 Å². The van der Waals surface area contributed by atoms with Gasteiger partial charge in [-0.05, 0) is 17.7 Å². The van der Waals surface area contributed by atoms with Crippen LogP contribution in [0.15, 0.2) is 18.2 Å². The Hall–Kier alpha value is -1.59. The van der Waals surface area contributed by atoms with Gasteiger partial charge in [-0.1, -0.05) is 6.07 Å². The summed E-state index contributed by atoms with van der Waals surface area (Å²) < 4.78 is 49.4. The highest BCUT2D eigenvalue weighted by Gasteiger charge is 2.33. The quantitative estimate of drug-likeness (QED) is 0.702. The van der Waals surface area contributed by atoms with E-state index >= 15 is 0 Å². The number of carbonyl (C=O) groups excluding carboxylic acids is 1. The minimum absolute atomic E-state index is 0.262. The van der Waals surface area contributed by atoms with Crippen LogP contribution >= 0.6 is 0 Å². The van der Waals surface area contributed by atoms with Gasteiger partial charge in [0.15, 0.2) is 0 Å². The number of aliphatic carboxylic acids is 1. The van der Waals surface area contributed by atoms with Crippen LogP contribution in [0.5, 0.6) is 0 Å². The molecule has 6 heteroatoms. The van der Waals surface area contributed by atoms with Gasteiger partial charge in [0.2, 0.25) is 0 Å². The van der Waals surface area contributed by atoms with Crippen LogP contribution in [0, 0.1) is 5.82 Å². The van der Waals surface area contributed by atoms with Gasteiger partial charge in [0.25, 0.3) is 0 Å². The molecule has 1 rings (SSSR count). The Bertz CT molecular complexity index is 384. The van der Waals surface area contributed by atoms with Gasteiger partial charge in [-0.2, -0.15) is 13.2 Å². The molecule has 0 aliphatic carbocycles. The lowest BCUT2D eigenvalue weighted by Gasteiger charge is -2.13. The summed E-state index contributed by atoms with van der Waals surface area (Å²) >= 11 is 0. The summed E-state index contributed by atoms with van der Waals surface area (Å²) in [5.41, 5.74) is -1.80. The summed E-state index contributed by atoms with van der Waals surface area (Å²) in [4.78, 5) is 10.2. The van der Waals surface area contributed by atoms with E-state index in [4.69, 9.17) is 0 Å². The van der Waals surface area contributed by atoms with Crippen molar-refractivity contribution in [3.05, 3.63) is 35.1 Å². The van der Waals surface area contributed by atoms with Crippen LogP contribution in [0.4, 0.5) is 17.6 Å². The van der Waals surface area contributed by atoms with Gasteiger partial charge in [0, 0.05) is 12.4 Å². The number of carbonyl (C=O) groups is 1. The maximum atomic E-state index is 12.6. The average molecular weight is 221 g/mol. The highest BCUT2D eigenvalue weighted by Crippen LogP contribution is 2.32. The van der Waals surface area contributed by atoms with Crippen molar-refractivity contribution in [2.24, 2.45) is 0 Å². The molecule has 82 valence electrons. The molecule has 0 N–H and O–H groups in total. The molecule has 0 amide bonds. The number of hydrogen-bond donors (Lipinski definition) is 0. The number of halogens is 4. The van der Waals surface area contributed by atoms with E-state index in [1.165, 1.54) is 0 Å². The smallest absolute Gasteiger partial charge is 0.416 e. The molecule has 0 aliphatic rings. The Morgan fingerprint density at radius 3 is 2.40 bits per heavy atom. The molecule has 0 aromatic heterocycles. The molecule has 1 aromatic carbocycles. The van der Waals surface area contributed by atoms with Gasteiger partial charge in [0.05, 0.1) is 5.56 Å². The molecule has 15 heavy (non-hydrogen) atoms. The van der Waals surface area contributed by atoms with Crippen LogP contribution < -0.4 is 5.11 Å². The lowest BCUT2D eigenvalue weighted by atomic mass is 10.0. The van der Waals surface area contributed by atoms with E-state index in [9.17, 15) is 27.5 Å². The number of rotatable bonds is 2. The molecule has 0 bridgehead atoms. The fraction of sp³-hybridized carbons (Fsp3) is 0.222. The van der Waals surface area contributed by atoms with Crippen LogP contribution in [0.2, 0.25) is 0 Å². The van der Waals surface area contributed by atoms with Crippen LogP contribution in [0.3, 0.4) is 0 Å². The van der Waals surface area contributed by atoms with Crippen molar-refractivity contribution in [1.29, 1.82) is 0 Å². The third-order valence-corrected chi connectivity index (χ3v) is 1.71. The molecule has 1 aromatic rings. The molecule has 0 radical (unpaired) electrons. The summed E-state index contributed by atoms with van der Waals surface area (Å²) in [5.74, 6) is -2.71. The van der Waals surface area contributed by atoms with Crippen molar-refractivity contribution in [1.82, 2.24) is 0 Å².